The number of rotatable bonds is 7. The van der Waals surface area contributed by atoms with Gasteiger partial charge in [-0.2, -0.15) is 0 Å². The van der Waals surface area contributed by atoms with Crippen molar-refractivity contribution in [2.24, 2.45) is 0 Å². The molecule has 0 aliphatic carbocycles. The Hall–Kier alpha value is -2.31. The average molecular weight is 370 g/mol. The van der Waals surface area contributed by atoms with Gasteiger partial charge in [0.25, 0.3) is 0 Å². The highest BCUT2D eigenvalue weighted by Gasteiger charge is 2.26. The summed E-state index contributed by atoms with van der Waals surface area (Å²) in [4.78, 5) is 27.3. The van der Waals surface area contributed by atoms with E-state index in [4.69, 9.17) is 4.74 Å². The number of carbonyl (C=O) groups is 2. The molecule has 0 spiro atoms. The van der Waals surface area contributed by atoms with Crippen LogP contribution in [0.5, 0.6) is 0 Å². The minimum Gasteiger partial charge on any atom is -0.377 e. The molecule has 136 valence electrons. The van der Waals surface area contributed by atoms with E-state index in [9.17, 15) is 9.59 Å². The van der Waals surface area contributed by atoms with Gasteiger partial charge in [-0.05, 0) is 30.2 Å². The highest BCUT2D eigenvalue weighted by Crippen LogP contribution is 2.34. The van der Waals surface area contributed by atoms with Gasteiger partial charge in [0.1, 0.15) is 6.54 Å². The number of amides is 2. The van der Waals surface area contributed by atoms with Crippen LogP contribution in [-0.2, 0) is 27.5 Å². The van der Waals surface area contributed by atoms with Gasteiger partial charge in [0.05, 0.1) is 18.0 Å². The van der Waals surface area contributed by atoms with Crippen LogP contribution in [0, 0.1) is 0 Å². The molecule has 0 atom stereocenters. The standard InChI is InChI=1S/C20H22N2O3S/c1-2-25-13-16-8-4-3-7-15(16)11-21-19(23)12-22-17-9-5-6-10-18(17)26-14-20(22)24/h3-10H,2,11-14H2,1H3,(H,21,23). The number of nitrogens with one attached hydrogen (secondary N) is 1. The van der Waals surface area contributed by atoms with E-state index in [-0.39, 0.29) is 18.4 Å². The predicted molar refractivity (Wildman–Crippen MR) is 103 cm³/mol. The van der Waals surface area contributed by atoms with Gasteiger partial charge in [-0.15, -0.1) is 11.8 Å². The van der Waals surface area contributed by atoms with E-state index < -0.39 is 0 Å². The van der Waals surface area contributed by atoms with Crippen LogP contribution in [0.25, 0.3) is 0 Å². The molecule has 0 unspecified atom stereocenters. The number of benzene rings is 2. The van der Waals surface area contributed by atoms with Crippen LogP contribution in [0.4, 0.5) is 5.69 Å². The van der Waals surface area contributed by atoms with Crippen molar-refractivity contribution in [2.45, 2.75) is 25.0 Å². The van der Waals surface area contributed by atoms with E-state index in [1.165, 1.54) is 11.8 Å². The monoisotopic (exact) mass is 370 g/mol. The Balaban J connectivity index is 1.63. The fourth-order valence-corrected chi connectivity index (χ4v) is 3.74. The number of nitrogens with zero attached hydrogens (tertiary/aromatic N) is 1. The quantitative estimate of drug-likeness (QED) is 0.814. The molecule has 2 amide bonds. The maximum Gasteiger partial charge on any atom is 0.240 e. The number of fused-ring (bicyclic) bond motifs is 1. The Bertz CT molecular complexity index is 794. The molecular formula is C20H22N2O3S. The molecule has 0 saturated carbocycles. The van der Waals surface area contributed by atoms with Crippen LogP contribution in [0.1, 0.15) is 18.1 Å². The molecule has 0 radical (unpaired) electrons. The number of para-hydroxylation sites is 1. The van der Waals surface area contributed by atoms with Crippen LogP contribution < -0.4 is 10.2 Å². The summed E-state index contributed by atoms with van der Waals surface area (Å²) in [7, 11) is 0. The third-order valence-corrected chi connectivity index (χ3v) is 5.21. The third kappa shape index (κ3) is 4.45. The topological polar surface area (TPSA) is 58.6 Å². The number of thioether (sulfide) groups is 1. The molecule has 2 aromatic rings. The lowest BCUT2D eigenvalue weighted by atomic mass is 10.1. The normalized spacial score (nSPS) is 13.4. The first-order valence-corrected chi connectivity index (χ1v) is 9.61. The lowest BCUT2D eigenvalue weighted by Gasteiger charge is -2.28. The van der Waals surface area contributed by atoms with Crippen molar-refractivity contribution in [1.82, 2.24) is 5.32 Å². The molecule has 0 bridgehead atoms. The Labute approximate surface area is 157 Å². The fraction of sp³-hybridized carbons (Fsp3) is 0.300. The van der Waals surface area contributed by atoms with E-state index in [1.54, 1.807) is 4.90 Å². The van der Waals surface area contributed by atoms with Crippen molar-refractivity contribution in [3.63, 3.8) is 0 Å². The second-order valence-corrected chi connectivity index (χ2v) is 6.94. The van der Waals surface area contributed by atoms with Gasteiger partial charge < -0.3 is 15.0 Å². The minimum absolute atomic E-state index is 0.0318. The smallest absolute Gasteiger partial charge is 0.240 e. The molecule has 1 aliphatic rings. The molecule has 0 saturated heterocycles. The van der Waals surface area contributed by atoms with E-state index in [0.717, 1.165) is 21.7 Å². The summed E-state index contributed by atoms with van der Waals surface area (Å²) in [5, 5.41) is 2.92. The lowest BCUT2D eigenvalue weighted by Crippen LogP contribution is -2.43. The molecule has 26 heavy (non-hydrogen) atoms. The summed E-state index contributed by atoms with van der Waals surface area (Å²) in [5.74, 6) is 0.147. The zero-order valence-corrected chi connectivity index (χ0v) is 15.6. The molecule has 1 heterocycles. The van der Waals surface area contributed by atoms with Crippen molar-refractivity contribution < 1.29 is 14.3 Å². The summed E-state index contributed by atoms with van der Waals surface area (Å²) in [6, 6.07) is 15.6. The van der Waals surface area contributed by atoms with Crippen LogP contribution >= 0.6 is 11.8 Å². The zero-order chi connectivity index (χ0) is 18.4. The van der Waals surface area contributed by atoms with Crippen molar-refractivity contribution in [2.75, 3.05) is 23.8 Å². The summed E-state index contributed by atoms with van der Waals surface area (Å²) < 4.78 is 5.47. The van der Waals surface area contributed by atoms with Crippen molar-refractivity contribution in [1.29, 1.82) is 0 Å². The third-order valence-electron chi connectivity index (χ3n) is 4.17. The van der Waals surface area contributed by atoms with E-state index in [1.807, 2.05) is 55.5 Å². The van der Waals surface area contributed by atoms with Crippen LogP contribution in [-0.4, -0.2) is 30.7 Å². The molecule has 3 rings (SSSR count). The van der Waals surface area contributed by atoms with Gasteiger partial charge in [0.15, 0.2) is 0 Å². The molecule has 1 N–H and O–H groups in total. The van der Waals surface area contributed by atoms with Crippen molar-refractivity contribution in [3.05, 3.63) is 59.7 Å². The molecule has 0 aromatic heterocycles. The Morgan fingerprint density at radius 2 is 1.88 bits per heavy atom. The first kappa shape index (κ1) is 18.5. The Morgan fingerprint density at radius 3 is 2.69 bits per heavy atom. The number of carbonyl (C=O) groups excluding carboxylic acids is 2. The van der Waals surface area contributed by atoms with Crippen molar-refractivity contribution >= 4 is 29.3 Å². The maximum absolute atomic E-state index is 12.4. The molecule has 1 aliphatic heterocycles. The number of anilines is 1. The lowest BCUT2D eigenvalue weighted by molar-refractivity contribution is -0.123. The second kappa shape index (κ2) is 8.87. The van der Waals surface area contributed by atoms with Crippen molar-refractivity contribution in [3.8, 4) is 0 Å². The highest BCUT2D eigenvalue weighted by atomic mass is 32.2. The number of ether oxygens (including phenoxy) is 1. The first-order valence-electron chi connectivity index (χ1n) is 8.62. The minimum atomic E-state index is -0.175. The fourth-order valence-electron chi connectivity index (χ4n) is 2.80. The van der Waals surface area contributed by atoms with Crippen LogP contribution in [0.15, 0.2) is 53.4 Å². The van der Waals surface area contributed by atoms with E-state index in [2.05, 4.69) is 5.32 Å². The number of hydrogen-bond donors (Lipinski definition) is 1. The van der Waals surface area contributed by atoms with Gasteiger partial charge in [-0.25, -0.2) is 0 Å². The second-order valence-electron chi connectivity index (χ2n) is 5.92. The SMILES string of the molecule is CCOCc1ccccc1CNC(=O)CN1C(=O)CSc2ccccc21. The molecule has 6 heteroatoms. The average Bonchev–Trinajstić information content (AvgIpc) is 2.67. The first-order chi connectivity index (χ1) is 12.7. The summed E-state index contributed by atoms with van der Waals surface area (Å²) in [6.07, 6.45) is 0. The molecular weight excluding hydrogens is 348 g/mol. The molecule has 5 nitrogen and oxygen atoms in total. The van der Waals surface area contributed by atoms with Gasteiger partial charge in [0.2, 0.25) is 11.8 Å². The largest absolute Gasteiger partial charge is 0.377 e. The van der Waals surface area contributed by atoms with Gasteiger partial charge >= 0.3 is 0 Å². The van der Waals surface area contributed by atoms with Gasteiger partial charge in [-0.1, -0.05) is 36.4 Å². The molecule has 0 fully saturated rings. The summed E-state index contributed by atoms with van der Waals surface area (Å²) in [5.41, 5.74) is 2.89. The van der Waals surface area contributed by atoms with Gasteiger partial charge in [0, 0.05) is 18.0 Å². The highest BCUT2D eigenvalue weighted by molar-refractivity contribution is 8.00. The van der Waals surface area contributed by atoms with Crippen LogP contribution in [0.3, 0.4) is 0 Å². The predicted octanol–water partition coefficient (Wildman–Crippen LogP) is 2.98. The van der Waals surface area contributed by atoms with Gasteiger partial charge in [-0.3, -0.25) is 9.59 Å². The molecule has 2 aromatic carbocycles. The Morgan fingerprint density at radius 1 is 1.15 bits per heavy atom. The number of hydrogen-bond acceptors (Lipinski definition) is 4. The summed E-state index contributed by atoms with van der Waals surface area (Å²) in [6.45, 7) is 3.58. The maximum atomic E-state index is 12.4. The zero-order valence-electron chi connectivity index (χ0n) is 14.7. The van der Waals surface area contributed by atoms with E-state index >= 15 is 0 Å². The summed E-state index contributed by atoms with van der Waals surface area (Å²) >= 11 is 1.51. The van der Waals surface area contributed by atoms with Crippen LogP contribution in [0.2, 0.25) is 0 Å². The Kier molecular flexibility index (Phi) is 6.30. The van der Waals surface area contributed by atoms with E-state index in [0.29, 0.717) is 25.5 Å².